The molecule has 0 aromatic carbocycles. The molecule has 8 nitrogen and oxygen atoms in total. The van der Waals surface area contributed by atoms with Crippen LogP contribution in [0.3, 0.4) is 0 Å². The third-order valence-electron chi connectivity index (χ3n) is 9.17. The Morgan fingerprint density at radius 1 is 0.500 bits per heavy atom. The summed E-state index contributed by atoms with van der Waals surface area (Å²) in [7, 11) is 0. The summed E-state index contributed by atoms with van der Waals surface area (Å²) in [6, 6.07) is 0. The lowest BCUT2D eigenvalue weighted by molar-refractivity contribution is -0.150. The number of carbonyl (C=O) groups is 4. The first-order chi connectivity index (χ1) is 25.4. The number of cyclic esters (lactones) is 2. The number of rotatable bonds is 35. The van der Waals surface area contributed by atoms with Crippen molar-refractivity contribution in [3.05, 3.63) is 24.3 Å². The molecule has 0 unspecified atom stereocenters. The number of carbonyl (C=O) groups excluding carboxylic acids is 3. The maximum atomic E-state index is 11.1. The quantitative estimate of drug-likeness (QED) is 0.0285. The maximum Gasteiger partial charge on any atom is 0.338 e. The summed E-state index contributed by atoms with van der Waals surface area (Å²) in [6.07, 6.45) is 47.1. The normalized spacial score (nSPS) is 12.0. The fourth-order valence-electron chi connectivity index (χ4n) is 5.97. The minimum Gasteiger partial charge on any atom is -0.478 e. The third-order valence-corrected chi connectivity index (χ3v) is 9.17. The van der Waals surface area contributed by atoms with Crippen LogP contribution in [0.1, 0.15) is 219 Å². The summed E-state index contributed by atoms with van der Waals surface area (Å²) in [5, 5.41) is 17.1. The van der Waals surface area contributed by atoms with Crippen molar-refractivity contribution >= 4 is 23.9 Å². The van der Waals surface area contributed by atoms with E-state index >= 15 is 0 Å². The van der Waals surface area contributed by atoms with Gasteiger partial charge in [-0.1, -0.05) is 206 Å². The molecule has 1 heterocycles. The maximum absolute atomic E-state index is 11.1. The second-order valence-corrected chi connectivity index (χ2v) is 14.2. The average molecular weight is 737 g/mol. The lowest BCUT2D eigenvalue weighted by Gasteiger charge is -2.04. The number of unbranched alkanes of at least 4 members (excludes halogenated alkanes) is 30. The number of aliphatic carboxylic acids is 1. The molecule has 2 N–H and O–H groups in total. The van der Waals surface area contributed by atoms with Gasteiger partial charge < -0.3 is 19.7 Å². The van der Waals surface area contributed by atoms with Gasteiger partial charge in [-0.3, -0.25) is 0 Å². The van der Waals surface area contributed by atoms with Crippen LogP contribution in [-0.4, -0.2) is 47.3 Å². The lowest BCUT2D eigenvalue weighted by atomic mass is 10.0. The first kappa shape index (κ1) is 51.6. The van der Waals surface area contributed by atoms with Crippen LogP contribution >= 0.6 is 0 Å². The van der Waals surface area contributed by atoms with Gasteiger partial charge in [0, 0.05) is 30.9 Å². The molecule has 0 spiro atoms. The summed E-state index contributed by atoms with van der Waals surface area (Å²) in [5.74, 6) is -2.87. The number of aliphatic hydroxyl groups excluding tert-OH is 1. The Bertz CT molecular complexity index is 834. The fourth-order valence-corrected chi connectivity index (χ4v) is 5.97. The zero-order valence-electron chi connectivity index (χ0n) is 33.7. The Kier molecular flexibility index (Phi) is 44.4. The lowest BCUT2D eigenvalue weighted by Crippen LogP contribution is -2.03. The number of hydrogen-bond acceptors (Lipinski definition) is 7. The molecular weight excluding hydrogens is 656 g/mol. The van der Waals surface area contributed by atoms with Crippen LogP contribution in [0, 0.1) is 0 Å². The first-order valence-electron chi connectivity index (χ1n) is 21.5. The molecule has 0 atom stereocenters. The third kappa shape index (κ3) is 47.5. The van der Waals surface area contributed by atoms with E-state index in [4.69, 9.17) is 14.9 Å². The minimum absolute atomic E-state index is 0.373. The molecule has 0 saturated heterocycles. The van der Waals surface area contributed by atoms with Crippen molar-refractivity contribution in [2.24, 2.45) is 0 Å². The van der Waals surface area contributed by atoms with Crippen molar-refractivity contribution in [2.75, 3.05) is 13.2 Å². The van der Waals surface area contributed by atoms with E-state index in [9.17, 15) is 19.2 Å². The summed E-state index contributed by atoms with van der Waals surface area (Å²) in [6.45, 7) is 5.30. The predicted molar refractivity (Wildman–Crippen MR) is 214 cm³/mol. The molecule has 1 aliphatic heterocycles. The Labute approximate surface area is 319 Å². The van der Waals surface area contributed by atoms with Crippen molar-refractivity contribution in [2.45, 2.75) is 219 Å². The van der Waals surface area contributed by atoms with Crippen LogP contribution in [0.4, 0.5) is 0 Å². The van der Waals surface area contributed by atoms with E-state index in [1.807, 2.05) is 0 Å². The molecular formula is C44H80O8. The number of hydrogen-bond donors (Lipinski definition) is 2. The van der Waals surface area contributed by atoms with Gasteiger partial charge in [-0.05, 0) is 12.8 Å². The number of ether oxygens (including phenoxy) is 2. The van der Waals surface area contributed by atoms with E-state index in [0.29, 0.717) is 13.2 Å². The van der Waals surface area contributed by atoms with Crippen LogP contribution < -0.4 is 0 Å². The zero-order valence-corrected chi connectivity index (χ0v) is 33.7. The summed E-state index contributed by atoms with van der Waals surface area (Å²) in [5.41, 5.74) is 0. The first-order valence-corrected chi connectivity index (χ1v) is 21.5. The molecule has 304 valence electrons. The SMILES string of the molecule is CCCCCCCCCCCCCCCCCCO.CCCCCCCCCCCCCCCCCCOC(=O)/C=C\C(=O)O.O=C1C=CC(=O)O1. The van der Waals surface area contributed by atoms with Crippen LogP contribution in [0.25, 0.3) is 0 Å². The number of aliphatic hydroxyl groups is 1. The standard InChI is InChI=1S/C22H40O4.C18H38O.C4H2O3/c1-2-3-4-5-6-7-8-9-10-11-12-13-14-15-16-17-20-26-22(25)19-18-21(23)24;1-2-3-4-5-6-7-8-9-10-11-12-13-14-15-16-17-18-19;5-3-1-2-4(6)7-3/h18-19H,2-17,20H2,1H3,(H,23,24);19H,2-18H2,1H3;1-2H/b19-18-;;. The van der Waals surface area contributed by atoms with Gasteiger partial charge in [0.05, 0.1) is 6.61 Å². The van der Waals surface area contributed by atoms with Gasteiger partial charge in [0.1, 0.15) is 0 Å². The second-order valence-electron chi connectivity index (χ2n) is 14.2. The number of esters is 3. The highest BCUT2D eigenvalue weighted by Gasteiger charge is 2.10. The molecule has 0 radical (unpaired) electrons. The molecule has 1 rings (SSSR count). The molecule has 0 amide bonds. The van der Waals surface area contributed by atoms with E-state index in [1.54, 1.807) is 0 Å². The van der Waals surface area contributed by atoms with Gasteiger partial charge >= 0.3 is 23.9 Å². The van der Waals surface area contributed by atoms with Crippen molar-refractivity contribution in [1.29, 1.82) is 0 Å². The monoisotopic (exact) mass is 737 g/mol. The summed E-state index contributed by atoms with van der Waals surface area (Å²) >= 11 is 0. The molecule has 0 aliphatic carbocycles. The molecule has 0 fully saturated rings. The van der Waals surface area contributed by atoms with Crippen LogP contribution in [0.15, 0.2) is 24.3 Å². The van der Waals surface area contributed by atoms with Crippen molar-refractivity contribution < 1.29 is 38.9 Å². The van der Waals surface area contributed by atoms with Gasteiger partial charge in [-0.25, -0.2) is 19.2 Å². The predicted octanol–water partition coefficient (Wildman–Crippen LogP) is 12.3. The Morgan fingerprint density at radius 3 is 1.04 bits per heavy atom. The van der Waals surface area contributed by atoms with E-state index < -0.39 is 23.9 Å². The van der Waals surface area contributed by atoms with Gasteiger partial charge in [0.25, 0.3) is 0 Å². The van der Waals surface area contributed by atoms with Crippen LogP contribution in [0.5, 0.6) is 0 Å². The molecule has 52 heavy (non-hydrogen) atoms. The Hall–Kier alpha value is -2.48. The van der Waals surface area contributed by atoms with Crippen molar-refractivity contribution in [1.82, 2.24) is 0 Å². The highest BCUT2D eigenvalue weighted by molar-refractivity contribution is 6.04. The molecule has 1 aliphatic rings. The number of carboxylic acid groups (broad SMARTS) is 1. The second kappa shape index (κ2) is 44.7. The van der Waals surface area contributed by atoms with Crippen molar-refractivity contribution in [3.8, 4) is 0 Å². The van der Waals surface area contributed by atoms with E-state index in [-0.39, 0.29) is 0 Å². The highest BCUT2D eigenvalue weighted by atomic mass is 16.6. The largest absolute Gasteiger partial charge is 0.478 e. The van der Waals surface area contributed by atoms with E-state index in [2.05, 4.69) is 18.6 Å². The average Bonchev–Trinajstić information content (AvgIpc) is 3.52. The van der Waals surface area contributed by atoms with Gasteiger partial charge in [-0.15, -0.1) is 0 Å². The van der Waals surface area contributed by atoms with Gasteiger partial charge in [-0.2, -0.15) is 0 Å². The molecule has 8 heteroatoms. The van der Waals surface area contributed by atoms with E-state index in [0.717, 1.165) is 43.6 Å². The minimum atomic E-state index is -1.13. The fraction of sp³-hybridized carbons (Fsp3) is 0.818. The smallest absolute Gasteiger partial charge is 0.338 e. The summed E-state index contributed by atoms with van der Waals surface area (Å²) in [4.78, 5) is 41.2. The van der Waals surface area contributed by atoms with Gasteiger partial charge in [0.2, 0.25) is 0 Å². The van der Waals surface area contributed by atoms with Crippen LogP contribution in [-0.2, 0) is 28.7 Å². The molecule has 0 saturated carbocycles. The molecule has 0 aromatic heterocycles. The molecule has 0 bridgehead atoms. The van der Waals surface area contributed by atoms with Crippen LogP contribution in [0.2, 0.25) is 0 Å². The van der Waals surface area contributed by atoms with E-state index in [1.165, 1.54) is 186 Å². The van der Waals surface area contributed by atoms with Crippen molar-refractivity contribution in [3.63, 3.8) is 0 Å². The number of carboxylic acids is 1. The summed E-state index contributed by atoms with van der Waals surface area (Å²) < 4.78 is 8.89. The van der Waals surface area contributed by atoms with Gasteiger partial charge in [0.15, 0.2) is 0 Å². The zero-order chi connectivity index (χ0) is 38.6. The Morgan fingerprint density at radius 2 is 0.788 bits per heavy atom. The Balaban J connectivity index is 0. The molecule has 0 aromatic rings. The highest BCUT2D eigenvalue weighted by Crippen LogP contribution is 2.15. The topological polar surface area (TPSA) is 127 Å².